The lowest BCUT2D eigenvalue weighted by Crippen LogP contribution is -2.55. The van der Waals surface area contributed by atoms with E-state index in [1.54, 1.807) is 4.90 Å². The second-order valence-electron chi connectivity index (χ2n) is 11.2. The van der Waals surface area contributed by atoms with Gasteiger partial charge in [0.15, 0.2) is 0 Å². The molecule has 0 N–H and O–H groups in total. The molecule has 3 aliphatic heterocycles. The lowest BCUT2D eigenvalue weighted by molar-refractivity contribution is -0.128. The smallest absolute Gasteiger partial charge is 0.318 e. The first-order valence-electron chi connectivity index (χ1n) is 14.6. The number of rotatable bonds is 7. The molecule has 0 aliphatic carbocycles. The first-order valence-corrected chi connectivity index (χ1v) is 14.6. The molecule has 1 amide bonds. The molecule has 6 rings (SSSR count). The molecule has 0 spiro atoms. The third kappa shape index (κ3) is 5.75. The molecule has 2 atom stereocenters. The highest BCUT2D eigenvalue weighted by molar-refractivity contribution is 5.94. The molecule has 1 aromatic heterocycles. The highest BCUT2D eigenvalue weighted by Gasteiger charge is 2.33. The van der Waals surface area contributed by atoms with Gasteiger partial charge in [-0.2, -0.15) is 15.2 Å². The third-order valence-corrected chi connectivity index (χ3v) is 8.44. The van der Waals surface area contributed by atoms with Crippen LogP contribution in [-0.2, 0) is 22.5 Å². The fourth-order valence-electron chi connectivity index (χ4n) is 6.27. The van der Waals surface area contributed by atoms with E-state index in [0.29, 0.717) is 45.4 Å². The highest BCUT2D eigenvalue weighted by Crippen LogP contribution is 2.35. The van der Waals surface area contributed by atoms with Crippen LogP contribution in [-0.4, -0.2) is 97.4 Å². The zero-order valence-corrected chi connectivity index (χ0v) is 24.1. The van der Waals surface area contributed by atoms with Crippen LogP contribution in [0.1, 0.15) is 17.7 Å². The maximum Gasteiger partial charge on any atom is 0.318 e. The highest BCUT2D eigenvalue weighted by atomic mass is 16.5. The molecule has 2 aromatic carbocycles. The van der Waals surface area contributed by atoms with Crippen molar-refractivity contribution >= 4 is 28.2 Å². The van der Waals surface area contributed by atoms with Gasteiger partial charge in [0.2, 0.25) is 5.91 Å². The largest absolute Gasteiger partial charge is 0.461 e. The average Bonchev–Trinajstić information content (AvgIpc) is 3.02. The summed E-state index contributed by atoms with van der Waals surface area (Å²) in [4.78, 5) is 31.0. The number of anilines is 2. The molecular weight excluding hydrogens is 530 g/mol. The van der Waals surface area contributed by atoms with E-state index in [0.717, 1.165) is 43.1 Å². The van der Waals surface area contributed by atoms with Crippen molar-refractivity contribution < 1.29 is 14.3 Å². The van der Waals surface area contributed by atoms with E-state index in [-0.39, 0.29) is 24.5 Å². The lowest BCUT2D eigenvalue weighted by Gasteiger charge is -2.42. The first-order chi connectivity index (χ1) is 20.5. The summed E-state index contributed by atoms with van der Waals surface area (Å²) in [5.74, 6) is 0.690. The van der Waals surface area contributed by atoms with Crippen molar-refractivity contribution in [3.05, 3.63) is 66.4 Å². The predicted octanol–water partition coefficient (Wildman–Crippen LogP) is 3.02. The summed E-state index contributed by atoms with van der Waals surface area (Å²) in [6.07, 6.45) is 2.30. The monoisotopic (exact) mass is 567 g/mol. The van der Waals surface area contributed by atoms with Crippen LogP contribution in [0.25, 0.3) is 10.8 Å². The Balaban J connectivity index is 1.31. The number of fused-ring (bicyclic) bond motifs is 2. The Morgan fingerprint density at radius 2 is 1.98 bits per heavy atom. The molecule has 2 saturated heterocycles. The average molecular weight is 568 g/mol. The normalized spacial score (nSPS) is 21.1. The summed E-state index contributed by atoms with van der Waals surface area (Å²) in [5.41, 5.74) is 3.23. The maximum atomic E-state index is 12.5. The van der Waals surface area contributed by atoms with E-state index in [2.05, 4.69) is 76.9 Å². The minimum atomic E-state index is -0.244. The summed E-state index contributed by atoms with van der Waals surface area (Å²) < 4.78 is 12.1. The van der Waals surface area contributed by atoms with Crippen LogP contribution in [0, 0.1) is 11.3 Å². The first kappa shape index (κ1) is 27.9. The second-order valence-corrected chi connectivity index (χ2v) is 11.2. The van der Waals surface area contributed by atoms with Gasteiger partial charge in [-0.3, -0.25) is 4.79 Å². The zero-order valence-electron chi connectivity index (χ0n) is 24.1. The summed E-state index contributed by atoms with van der Waals surface area (Å²) in [5, 5.41) is 11.9. The van der Waals surface area contributed by atoms with E-state index in [1.165, 1.54) is 22.5 Å². The molecule has 218 valence electrons. The van der Waals surface area contributed by atoms with Gasteiger partial charge >= 0.3 is 6.01 Å². The van der Waals surface area contributed by atoms with Gasteiger partial charge < -0.3 is 29.1 Å². The fraction of sp³-hybridized carbons (Fsp3) is 0.438. The molecule has 2 fully saturated rings. The van der Waals surface area contributed by atoms with Crippen molar-refractivity contribution in [2.45, 2.75) is 31.5 Å². The standard InChI is InChI=1S/C32H37N7O3/c1-3-30(40)39-16-15-38(19-24(39)11-13-33)31-27-12-14-37(29-10-6-8-23-7-4-5-9-26(23)29)21-28(27)34-32(35-31)42-22-25-20-36(2)17-18-41-25/h3-10,24-25H,1,11-12,14-22H2,2H3/t24?,25-/m0/s1. The summed E-state index contributed by atoms with van der Waals surface area (Å²) >= 11 is 0. The van der Waals surface area contributed by atoms with Crippen molar-refractivity contribution in [2.75, 3.05) is 69.3 Å². The van der Waals surface area contributed by atoms with E-state index in [9.17, 15) is 10.1 Å². The Hall–Kier alpha value is -4.20. The van der Waals surface area contributed by atoms with Gasteiger partial charge in [-0.1, -0.05) is 43.0 Å². The topological polar surface area (TPSA) is 98.1 Å². The van der Waals surface area contributed by atoms with E-state index >= 15 is 0 Å². The summed E-state index contributed by atoms with van der Waals surface area (Å²) in [6.45, 7) is 9.47. The van der Waals surface area contributed by atoms with Crippen molar-refractivity contribution in [2.24, 2.45) is 0 Å². The second kappa shape index (κ2) is 12.3. The van der Waals surface area contributed by atoms with E-state index in [1.807, 2.05) is 0 Å². The summed E-state index contributed by atoms with van der Waals surface area (Å²) in [7, 11) is 2.08. The predicted molar refractivity (Wildman–Crippen MR) is 162 cm³/mol. The van der Waals surface area contributed by atoms with Crippen LogP contribution in [0.5, 0.6) is 6.01 Å². The number of amides is 1. The molecule has 1 unspecified atom stereocenters. The Bertz CT molecular complexity index is 1500. The number of carbonyl (C=O) groups excluding carboxylic acids is 1. The van der Waals surface area contributed by atoms with Gasteiger partial charge in [-0.15, -0.1) is 0 Å². The van der Waals surface area contributed by atoms with Crippen LogP contribution in [0.15, 0.2) is 55.1 Å². The number of likely N-dealkylation sites (N-methyl/N-ethyl adjacent to an activating group) is 1. The molecule has 3 aliphatic rings. The van der Waals surface area contributed by atoms with Crippen molar-refractivity contribution in [1.29, 1.82) is 5.26 Å². The van der Waals surface area contributed by atoms with Crippen molar-refractivity contribution in [3.63, 3.8) is 0 Å². The van der Waals surface area contributed by atoms with Gasteiger partial charge in [-0.05, 0) is 31.0 Å². The Kier molecular flexibility index (Phi) is 8.22. The maximum absolute atomic E-state index is 12.5. The molecule has 4 heterocycles. The molecule has 42 heavy (non-hydrogen) atoms. The third-order valence-electron chi connectivity index (χ3n) is 8.44. The van der Waals surface area contributed by atoms with Crippen molar-refractivity contribution in [3.8, 4) is 12.1 Å². The van der Waals surface area contributed by atoms with E-state index < -0.39 is 0 Å². The minimum absolute atomic E-state index is 0.0486. The van der Waals surface area contributed by atoms with Gasteiger partial charge in [0.25, 0.3) is 0 Å². The van der Waals surface area contributed by atoms with Crippen LogP contribution in [0.4, 0.5) is 11.5 Å². The fourth-order valence-corrected chi connectivity index (χ4v) is 6.27. The van der Waals surface area contributed by atoms with Crippen LogP contribution in [0.2, 0.25) is 0 Å². The molecule has 0 bridgehead atoms. The lowest BCUT2D eigenvalue weighted by atomic mass is 10.0. The number of ether oxygens (including phenoxy) is 2. The zero-order chi connectivity index (χ0) is 29.1. The minimum Gasteiger partial charge on any atom is -0.461 e. The molecule has 3 aromatic rings. The molecule has 0 saturated carbocycles. The number of carbonyl (C=O) groups is 1. The molecular formula is C32H37N7O3. The SMILES string of the molecule is C=CC(=O)N1CCN(c2nc(OC[C@@H]3CN(C)CCO3)nc3c2CCN(c2cccc4ccccc24)C3)CC1CC#N. The Morgan fingerprint density at radius 3 is 2.81 bits per heavy atom. The molecule has 10 nitrogen and oxygen atoms in total. The van der Waals surface area contributed by atoms with Crippen LogP contribution < -0.4 is 14.5 Å². The van der Waals surface area contributed by atoms with Gasteiger partial charge in [-0.25, -0.2) is 0 Å². The number of hydrogen-bond donors (Lipinski definition) is 0. The summed E-state index contributed by atoms with van der Waals surface area (Å²) in [6, 6.07) is 17.2. The number of nitrogens with zero attached hydrogens (tertiary/aromatic N) is 7. The van der Waals surface area contributed by atoms with E-state index in [4.69, 9.17) is 19.4 Å². The number of hydrogen-bond acceptors (Lipinski definition) is 9. The van der Waals surface area contributed by atoms with Gasteiger partial charge in [0.05, 0.1) is 37.4 Å². The van der Waals surface area contributed by atoms with Crippen molar-refractivity contribution in [1.82, 2.24) is 19.8 Å². The van der Waals surface area contributed by atoms with Gasteiger partial charge in [0.1, 0.15) is 18.5 Å². The van der Waals surface area contributed by atoms with Crippen LogP contribution in [0.3, 0.4) is 0 Å². The quantitative estimate of drug-likeness (QED) is 0.399. The Morgan fingerprint density at radius 1 is 1.12 bits per heavy atom. The number of nitriles is 1. The number of piperazine rings is 1. The Labute approximate surface area is 246 Å². The molecule has 10 heteroatoms. The number of benzene rings is 2. The number of morpholine rings is 1. The van der Waals surface area contributed by atoms with Crippen LogP contribution >= 0.6 is 0 Å². The number of aromatic nitrogens is 2. The molecule has 0 radical (unpaired) electrons. The van der Waals surface area contributed by atoms with Gasteiger partial charge in [0, 0.05) is 55.9 Å².